The molecule has 0 atom stereocenters. The van der Waals surface area contributed by atoms with Crippen molar-refractivity contribution >= 4 is 33.3 Å². The molecule has 8 heteroatoms. The van der Waals surface area contributed by atoms with Crippen molar-refractivity contribution < 1.29 is 14.3 Å². The standard InChI is InChI=1S/C16H18N4O3S/c1-22-8-7-20-6-5-11-9-12(3-4-13(11)20)15(21)17-16-19-18-14(24-16)10-23-2/h3-6,9H,7-8,10H2,1-2H3,(H,17,19,21). The van der Waals surface area contributed by atoms with E-state index in [9.17, 15) is 4.79 Å². The van der Waals surface area contributed by atoms with Gasteiger partial charge < -0.3 is 14.0 Å². The Morgan fingerprint density at radius 2 is 2.12 bits per heavy atom. The molecule has 0 saturated carbocycles. The maximum Gasteiger partial charge on any atom is 0.257 e. The van der Waals surface area contributed by atoms with Crippen LogP contribution in [0.3, 0.4) is 0 Å². The van der Waals surface area contributed by atoms with Crippen molar-refractivity contribution in [1.29, 1.82) is 0 Å². The molecule has 0 unspecified atom stereocenters. The Hall–Kier alpha value is -2.29. The lowest BCUT2D eigenvalue weighted by Crippen LogP contribution is -2.11. The quantitative estimate of drug-likeness (QED) is 0.711. The summed E-state index contributed by atoms with van der Waals surface area (Å²) in [4.78, 5) is 12.4. The highest BCUT2D eigenvalue weighted by molar-refractivity contribution is 7.15. The van der Waals surface area contributed by atoms with Gasteiger partial charge in [-0.1, -0.05) is 11.3 Å². The van der Waals surface area contributed by atoms with E-state index >= 15 is 0 Å². The molecule has 0 bridgehead atoms. The number of rotatable bonds is 7. The van der Waals surface area contributed by atoms with Gasteiger partial charge in [0.15, 0.2) is 0 Å². The van der Waals surface area contributed by atoms with Crippen LogP contribution in [-0.4, -0.2) is 41.5 Å². The summed E-state index contributed by atoms with van der Waals surface area (Å²) in [5.74, 6) is -0.207. The maximum absolute atomic E-state index is 12.4. The molecule has 0 aliphatic heterocycles. The highest BCUT2D eigenvalue weighted by Gasteiger charge is 2.12. The normalized spacial score (nSPS) is 11.1. The number of carbonyl (C=O) groups excluding carboxylic acids is 1. The van der Waals surface area contributed by atoms with Crippen molar-refractivity contribution in [3.05, 3.63) is 41.0 Å². The van der Waals surface area contributed by atoms with E-state index in [0.29, 0.717) is 23.9 Å². The Morgan fingerprint density at radius 3 is 2.92 bits per heavy atom. The van der Waals surface area contributed by atoms with Crippen molar-refractivity contribution in [2.75, 3.05) is 26.1 Å². The molecule has 0 saturated heterocycles. The molecular weight excluding hydrogens is 328 g/mol. The van der Waals surface area contributed by atoms with Gasteiger partial charge in [-0.05, 0) is 24.3 Å². The van der Waals surface area contributed by atoms with Gasteiger partial charge in [0.25, 0.3) is 5.91 Å². The lowest BCUT2D eigenvalue weighted by molar-refractivity contribution is 0.102. The number of benzene rings is 1. The number of aromatic nitrogens is 3. The van der Waals surface area contributed by atoms with Crippen LogP contribution in [0.2, 0.25) is 0 Å². The zero-order valence-electron chi connectivity index (χ0n) is 13.5. The Balaban J connectivity index is 1.74. The maximum atomic E-state index is 12.4. The second-order valence-electron chi connectivity index (χ2n) is 5.16. The topological polar surface area (TPSA) is 78.3 Å². The molecule has 24 heavy (non-hydrogen) atoms. The van der Waals surface area contributed by atoms with Gasteiger partial charge in [-0.2, -0.15) is 0 Å². The zero-order valence-corrected chi connectivity index (χ0v) is 14.3. The summed E-state index contributed by atoms with van der Waals surface area (Å²) in [5.41, 5.74) is 1.65. The first-order valence-corrected chi connectivity index (χ1v) is 8.23. The minimum atomic E-state index is -0.207. The van der Waals surface area contributed by atoms with Gasteiger partial charge in [-0.25, -0.2) is 0 Å². The lowest BCUT2D eigenvalue weighted by atomic mass is 10.1. The minimum absolute atomic E-state index is 0.207. The van der Waals surface area contributed by atoms with Gasteiger partial charge in [-0.15, -0.1) is 10.2 Å². The number of amides is 1. The number of methoxy groups -OCH3 is 2. The molecule has 0 aliphatic carbocycles. The zero-order chi connectivity index (χ0) is 16.9. The van der Waals surface area contributed by atoms with Crippen LogP contribution in [0.25, 0.3) is 10.9 Å². The van der Waals surface area contributed by atoms with Crippen LogP contribution in [0.1, 0.15) is 15.4 Å². The first-order chi connectivity index (χ1) is 11.7. The van der Waals surface area contributed by atoms with Crippen molar-refractivity contribution in [2.45, 2.75) is 13.2 Å². The van der Waals surface area contributed by atoms with E-state index in [-0.39, 0.29) is 5.91 Å². The second-order valence-corrected chi connectivity index (χ2v) is 6.23. The monoisotopic (exact) mass is 346 g/mol. The molecule has 1 amide bonds. The summed E-state index contributed by atoms with van der Waals surface area (Å²) < 4.78 is 12.2. The van der Waals surface area contributed by atoms with Gasteiger partial charge in [-0.3, -0.25) is 10.1 Å². The molecule has 0 fully saturated rings. The van der Waals surface area contributed by atoms with Crippen LogP contribution < -0.4 is 5.32 Å². The molecule has 3 rings (SSSR count). The molecule has 0 spiro atoms. The molecule has 0 aliphatic rings. The third kappa shape index (κ3) is 3.61. The fourth-order valence-electron chi connectivity index (χ4n) is 2.38. The largest absolute Gasteiger partial charge is 0.383 e. The molecule has 126 valence electrons. The number of nitrogens with zero attached hydrogens (tertiary/aromatic N) is 3. The van der Waals surface area contributed by atoms with E-state index in [4.69, 9.17) is 9.47 Å². The molecule has 1 N–H and O–H groups in total. The second kappa shape index (κ2) is 7.52. The Kier molecular flexibility index (Phi) is 5.19. The fraction of sp³-hybridized carbons (Fsp3) is 0.312. The van der Waals surface area contributed by atoms with E-state index in [1.54, 1.807) is 20.3 Å². The Morgan fingerprint density at radius 1 is 1.25 bits per heavy atom. The van der Waals surface area contributed by atoms with Gasteiger partial charge in [0.1, 0.15) is 11.6 Å². The summed E-state index contributed by atoms with van der Waals surface area (Å²) in [7, 11) is 3.27. The van der Waals surface area contributed by atoms with E-state index in [1.807, 2.05) is 24.4 Å². The van der Waals surface area contributed by atoms with E-state index in [2.05, 4.69) is 20.1 Å². The number of nitrogens with one attached hydrogen (secondary N) is 1. The predicted molar refractivity (Wildman–Crippen MR) is 92.4 cm³/mol. The van der Waals surface area contributed by atoms with E-state index in [0.717, 1.165) is 22.5 Å². The van der Waals surface area contributed by atoms with Crippen LogP contribution in [0.5, 0.6) is 0 Å². The van der Waals surface area contributed by atoms with Crippen LogP contribution in [0.4, 0.5) is 5.13 Å². The smallest absolute Gasteiger partial charge is 0.257 e. The fourth-order valence-corrected chi connectivity index (χ4v) is 3.09. The van der Waals surface area contributed by atoms with Gasteiger partial charge >= 0.3 is 0 Å². The van der Waals surface area contributed by atoms with Crippen LogP contribution in [-0.2, 0) is 22.6 Å². The average molecular weight is 346 g/mol. The van der Waals surface area contributed by atoms with Crippen LogP contribution in [0.15, 0.2) is 30.5 Å². The van der Waals surface area contributed by atoms with Crippen molar-refractivity contribution in [3.8, 4) is 0 Å². The summed E-state index contributed by atoms with van der Waals surface area (Å²) >= 11 is 1.30. The Labute approximate surface area is 143 Å². The van der Waals surface area contributed by atoms with Crippen molar-refractivity contribution in [3.63, 3.8) is 0 Å². The van der Waals surface area contributed by atoms with Gasteiger partial charge in [0.2, 0.25) is 5.13 Å². The number of fused-ring (bicyclic) bond motifs is 1. The number of anilines is 1. The van der Waals surface area contributed by atoms with Crippen LogP contribution in [0, 0.1) is 0 Å². The number of ether oxygens (including phenoxy) is 2. The van der Waals surface area contributed by atoms with Gasteiger partial charge in [0.05, 0.1) is 6.61 Å². The van der Waals surface area contributed by atoms with Crippen molar-refractivity contribution in [1.82, 2.24) is 14.8 Å². The number of hydrogen-bond acceptors (Lipinski definition) is 6. The van der Waals surface area contributed by atoms with Gasteiger partial charge in [0, 0.05) is 43.4 Å². The molecule has 7 nitrogen and oxygen atoms in total. The average Bonchev–Trinajstić information content (AvgIpc) is 3.19. The molecule has 1 aromatic carbocycles. The summed E-state index contributed by atoms with van der Waals surface area (Å²) in [6, 6.07) is 7.60. The number of carbonyl (C=O) groups is 1. The SMILES string of the molecule is COCCn1ccc2cc(C(=O)Nc3nnc(COC)s3)ccc21. The Bertz CT molecular complexity index is 843. The van der Waals surface area contributed by atoms with Crippen molar-refractivity contribution in [2.24, 2.45) is 0 Å². The summed E-state index contributed by atoms with van der Waals surface area (Å²) in [5, 5.41) is 12.8. The summed E-state index contributed by atoms with van der Waals surface area (Å²) in [6.45, 7) is 1.81. The molecule has 2 heterocycles. The molecular formula is C16H18N4O3S. The van der Waals surface area contributed by atoms with E-state index < -0.39 is 0 Å². The first kappa shape index (κ1) is 16.6. The molecule has 0 radical (unpaired) electrons. The molecule has 3 aromatic rings. The highest BCUT2D eigenvalue weighted by atomic mass is 32.1. The molecule has 2 aromatic heterocycles. The lowest BCUT2D eigenvalue weighted by Gasteiger charge is -2.05. The number of hydrogen-bond donors (Lipinski definition) is 1. The third-order valence-corrected chi connectivity index (χ3v) is 4.34. The minimum Gasteiger partial charge on any atom is -0.383 e. The third-order valence-electron chi connectivity index (χ3n) is 3.52. The predicted octanol–water partition coefficient (Wildman–Crippen LogP) is 2.54. The van der Waals surface area contributed by atoms with Crippen LogP contribution >= 0.6 is 11.3 Å². The van der Waals surface area contributed by atoms with E-state index in [1.165, 1.54) is 11.3 Å². The first-order valence-electron chi connectivity index (χ1n) is 7.42. The summed E-state index contributed by atoms with van der Waals surface area (Å²) in [6.07, 6.45) is 1.99. The highest BCUT2D eigenvalue weighted by Crippen LogP contribution is 2.20.